The fourth-order valence-corrected chi connectivity index (χ4v) is 8.09. The van der Waals surface area contributed by atoms with Crippen LogP contribution in [0.25, 0.3) is 0 Å². The summed E-state index contributed by atoms with van der Waals surface area (Å²) >= 11 is 0. The molecule has 52 heavy (non-hydrogen) atoms. The third kappa shape index (κ3) is 33.3. The first-order valence-electron chi connectivity index (χ1n) is 23.9. The van der Waals surface area contributed by atoms with E-state index in [0.717, 1.165) is 18.6 Å². The Labute approximate surface area is 327 Å². The van der Waals surface area contributed by atoms with Crippen LogP contribution in [0.4, 0.5) is 0 Å². The number of esters is 1. The van der Waals surface area contributed by atoms with E-state index >= 15 is 0 Å². The van der Waals surface area contributed by atoms with E-state index in [9.17, 15) is 4.79 Å². The van der Waals surface area contributed by atoms with Gasteiger partial charge in [0, 0.05) is 0 Å². The highest BCUT2D eigenvalue weighted by Gasteiger charge is 2.36. The highest BCUT2D eigenvalue weighted by Crippen LogP contribution is 2.32. The van der Waals surface area contributed by atoms with Crippen molar-refractivity contribution in [3.8, 4) is 0 Å². The van der Waals surface area contributed by atoms with Crippen molar-refractivity contribution < 1.29 is 9.53 Å². The maximum atomic E-state index is 12.0. The third-order valence-electron chi connectivity index (χ3n) is 11.7. The zero-order valence-electron chi connectivity index (χ0n) is 35.2. The van der Waals surface area contributed by atoms with Gasteiger partial charge in [0.2, 0.25) is 0 Å². The van der Waals surface area contributed by atoms with Gasteiger partial charge in [-0.25, -0.2) is 0 Å². The zero-order chi connectivity index (χ0) is 37.3. The number of hydrogen-bond acceptors (Lipinski definition) is 2. The summed E-state index contributed by atoms with van der Waals surface area (Å²) in [6.45, 7) is 7.61. The highest BCUT2D eigenvalue weighted by atomic mass is 16.6. The van der Waals surface area contributed by atoms with Gasteiger partial charge in [-0.1, -0.05) is 237 Å². The summed E-state index contributed by atoms with van der Waals surface area (Å²) < 4.78 is 5.41. The molecule has 1 fully saturated rings. The van der Waals surface area contributed by atoms with Gasteiger partial charge in [0.1, 0.15) is 11.7 Å². The van der Waals surface area contributed by atoms with Gasteiger partial charge >= 0.3 is 5.97 Å². The lowest BCUT2D eigenvalue weighted by Crippen LogP contribution is -2.32. The number of cyclic esters (lactones) is 1. The molecule has 1 rings (SSSR count). The van der Waals surface area contributed by atoms with Crippen LogP contribution in [-0.4, -0.2) is 5.97 Å². The molecule has 0 bridgehead atoms. The summed E-state index contributed by atoms with van der Waals surface area (Å²) in [4.78, 5) is 12.0. The minimum Gasteiger partial charge on any atom is -0.430 e. The zero-order valence-corrected chi connectivity index (χ0v) is 35.2. The molecule has 0 radical (unpaired) electrons. The quantitative estimate of drug-likeness (QED) is 0.0355. The lowest BCUT2D eigenvalue weighted by atomic mass is 9.93. The van der Waals surface area contributed by atoms with Crippen molar-refractivity contribution in [1.82, 2.24) is 0 Å². The maximum Gasteiger partial charge on any atom is 0.321 e. The third-order valence-corrected chi connectivity index (χ3v) is 11.7. The van der Waals surface area contributed by atoms with Gasteiger partial charge in [-0.05, 0) is 51.0 Å². The van der Waals surface area contributed by atoms with Gasteiger partial charge in [0.25, 0.3) is 0 Å². The van der Waals surface area contributed by atoms with E-state index in [2.05, 4.69) is 31.4 Å². The second-order valence-electron chi connectivity index (χ2n) is 16.7. The molecule has 2 nitrogen and oxygen atoms in total. The summed E-state index contributed by atoms with van der Waals surface area (Å²) in [5, 5.41) is 0. The molecular formula is C50H92O2. The molecule has 1 unspecified atom stereocenters. The fraction of sp³-hybridized carbons (Fsp3) is 0.860. The molecule has 1 saturated heterocycles. The first kappa shape index (κ1) is 48.7. The first-order chi connectivity index (χ1) is 25.8. The Bertz CT molecular complexity index is 796. The molecule has 0 aromatic rings. The number of carbonyl (C=O) groups is 1. The molecule has 0 spiro atoms. The average molecular weight is 725 g/mol. The minimum absolute atomic E-state index is 0.0215. The van der Waals surface area contributed by atoms with E-state index in [4.69, 9.17) is 4.74 Å². The van der Waals surface area contributed by atoms with Gasteiger partial charge in [0.15, 0.2) is 0 Å². The Morgan fingerprint density at radius 3 is 0.827 bits per heavy atom. The second-order valence-corrected chi connectivity index (χ2v) is 16.7. The summed E-state index contributed by atoms with van der Waals surface area (Å²) in [5.74, 6) is 1.08. The normalized spacial score (nSPS) is 14.9. The van der Waals surface area contributed by atoms with Crippen molar-refractivity contribution in [3.63, 3.8) is 0 Å². The lowest BCUT2D eigenvalue weighted by molar-refractivity contribution is -0.157. The molecule has 1 heterocycles. The molecule has 1 aliphatic heterocycles. The summed E-state index contributed by atoms with van der Waals surface area (Å²) in [6.07, 6.45) is 64.0. The molecule has 0 aromatic heterocycles. The molecule has 0 aliphatic carbocycles. The molecule has 0 N–H and O–H groups in total. The Balaban J connectivity index is 1.77. The van der Waals surface area contributed by atoms with Crippen LogP contribution in [0.2, 0.25) is 0 Å². The van der Waals surface area contributed by atoms with Gasteiger partial charge in [-0.3, -0.25) is 4.79 Å². The number of ether oxygens (including phenoxy) is 1. The van der Waals surface area contributed by atoms with Crippen molar-refractivity contribution in [2.24, 2.45) is 5.92 Å². The molecular weight excluding hydrogens is 633 g/mol. The molecule has 1 atom stereocenters. The van der Waals surface area contributed by atoms with E-state index in [1.165, 1.54) is 257 Å². The van der Waals surface area contributed by atoms with Crippen LogP contribution in [0, 0.1) is 5.92 Å². The molecule has 304 valence electrons. The number of carbonyl (C=O) groups excluding carboxylic acids is 1. The Kier molecular flexibility index (Phi) is 38.3. The maximum absolute atomic E-state index is 12.0. The van der Waals surface area contributed by atoms with E-state index in [1.54, 1.807) is 0 Å². The van der Waals surface area contributed by atoms with Gasteiger partial charge in [-0.2, -0.15) is 0 Å². The summed E-state index contributed by atoms with van der Waals surface area (Å²) in [6, 6.07) is 0. The minimum atomic E-state index is 0.0215. The number of allylic oxidation sites excluding steroid dienone is 3. The van der Waals surface area contributed by atoms with Crippen molar-refractivity contribution in [3.05, 3.63) is 37.1 Å². The summed E-state index contributed by atoms with van der Waals surface area (Å²) in [5.41, 5.74) is 0. The average Bonchev–Trinajstić information content (AvgIpc) is 3.15. The van der Waals surface area contributed by atoms with Gasteiger partial charge in [0.05, 0.1) is 0 Å². The molecule has 1 aliphatic rings. The van der Waals surface area contributed by atoms with Crippen LogP contribution in [0.5, 0.6) is 0 Å². The molecule has 0 saturated carbocycles. The van der Waals surface area contributed by atoms with Crippen LogP contribution in [0.3, 0.4) is 0 Å². The molecule has 0 amide bonds. The second kappa shape index (κ2) is 40.9. The highest BCUT2D eigenvalue weighted by molar-refractivity contribution is 5.82. The van der Waals surface area contributed by atoms with Crippen molar-refractivity contribution in [2.75, 3.05) is 0 Å². The van der Waals surface area contributed by atoms with Crippen LogP contribution < -0.4 is 0 Å². The van der Waals surface area contributed by atoms with Gasteiger partial charge in [-0.15, -0.1) is 13.2 Å². The van der Waals surface area contributed by atoms with E-state index < -0.39 is 0 Å². The standard InChI is InChI=1S/C50H92O2/c1-3-5-7-9-11-13-15-17-19-21-23-25-27-29-31-33-35-37-39-41-43-45-47-49-48(50(51)52-49)46-44-42-40-38-36-34-32-30-28-26-24-22-20-18-16-14-12-10-8-6-4-2/h3-4,47-48H,1-2,5-46H2/b49-47+. The van der Waals surface area contributed by atoms with Crippen molar-refractivity contribution in [2.45, 2.75) is 270 Å². The van der Waals surface area contributed by atoms with Crippen LogP contribution in [0.1, 0.15) is 270 Å². The predicted octanol–water partition coefficient (Wildman–Crippen LogP) is 17.8. The topological polar surface area (TPSA) is 26.3 Å². The van der Waals surface area contributed by atoms with Gasteiger partial charge < -0.3 is 4.74 Å². The number of rotatable bonds is 44. The van der Waals surface area contributed by atoms with Crippen molar-refractivity contribution >= 4 is 5.97 Å². The van der Waals surface area contributed by atoms with E-state index in [1.807, 2.05) is 0 Å². The van der Waals surface area contributed by atoms with Crippen LogP contribution >= 0.6 is 0 Å². The Hall–Kier alpha value is -1.31. The van der Waals surface area contributed by atoms with Crippen LogP contribution in [-0.2, 0) is 9.53 Å². The van der Waals surface area contributed by atoms with Crippen LogP contribution in [0.15, 0.2) is 37.1 Å². The SMILES string of the molecule is C=CCCCCCCCCCCCCCCCCCCCCC/C=C1/OC(=O)C1CCCCCCCCCCCCCCCCCCCCCC=C. The number of unbranched alkanes of at least 4 members (excludes halogenated alkanes) is 39. The Morgan fingerprint density at radius 2 is 0.577 bits per heavy atom. The Morgan fingerprint density at radius 1 is 0.346 bits per heavy atom. The smallest absolute Gasteiger partial charge is 0.321 e. The van der Waals surface area contributed by atoms with E-state index in [-0.39, 0.29) is 11.9 Å². The number of hydrogen-bond donors (Lipinski definition) is 0. The molecule has 0 aromatic carbocycles. The summed E-state index contributed by atoms with van der Waals surface area (Å²) in [7, 11) is 0. The largest absolute Gasteiger partial charge is 0.430 e. The van der Waals surface area contributed by atoms with Crippen molar-refractivity contribution in [1.29, 1.82) is 0 Å². The monoisotopic (exact) mass is 725 g/mol. The molecule has 2 heteroatoms. The first-order valence-corrected chi connectivity index (χ1v) is 23.9. The lowest BCUT2D eigenvalue weighted by Gasteiger charge is -2.28. The van der Waals surface area contributed by atoms with E-state index in [0.29, 0.717) is 0 Å². The fourth-order valence-electron chi connectivity index (χ4n) is 8.09. The predicted molar refractivity (Wildman–Crippen MR) is 232 cm³/mol.